The van der Waals surface area contributed by atoms with Crippen LogP contribution < -0.4 is 5.32 Å². The van der Waals surface area contributed by atoms with E-state index in [1.807, 2.05) is 14.0 Å². The normalized spacial score (nSPS) is 14.5. The fourth-order valence-electron chi connectivity index (χ4n) is 3.24. The van der Waals surface area contributed by atoms with Crippen LogP contribution in [0.1, 0.15) is 48.2 Å². The van der Waals surface area contributed by atoms with Gasteiger partial charge in [-0.2, -0.15) is 0 Å². The van der Waals surface area contributed by atoms with E-state index in [1.54, 1.807) is 23.5 Å². The lowest BCUT2D eigenvalue weighted by molar-refractivity contribution is 0.206. The Morgan fingerprint density at radius 2 is 2.04 bits per heavy atom. The van der Waals surface area contributed by atoms with Crippen LogP contribution in [0.25, 0.3) is 0 Å². The minimum Gasteiger partial charge on any atom is -0.331 e. The van der Waals surface area contributed by atoms with Crippen LogP contribution in [0.2, 0.25) is 0 Å². The number of urea groups is 1. The summed E-state index contributed by atoms with van der Waals surface area (Å²) in [5.41, 5.74) is 4.98. The number of carbonyl (C=O) groups excluding carboxylic acids is 1. The summed E-state index contributed by atoms with van der Waals surface area (Å²) in [6.07, 6.45) is 10.7. The lowest BCUT2D eigenvalue weighted by Gasteiger charge is -2.23. The van der Waals surface area contributed by atoms with Gasteiger partial charge in [-0.05, 0) is 49.3 Å². The summed E-state index contributed by atoms with van der Waals surface area (Å²) < 4.78 is 0. The third-order valence-corrected chi connectivity index (χ3v) is 4.88. The topological polar surface area (TPSA) is 58.1 Å². The predicted octanol–water partition coefficient (Wildman–Crippen LogP) is 3.30. The van der Waals surface area contributed by atoms with Crippen LogP contribution in [0.3, 0.4) is 0 Å². The van der Waals surface area contributed by atoms with Crippen LogP contribution in [-0.2, 0) is 19.3 Å². The lowest BCUT2D eigenvalue weighted by atomic mass is 9.89. The Kier molecular flexibility index (Phi) is 5.64. The van der Waals surface area contributed by atoms with Crippen molar-refractivity contribution in [2.45, 2.75) is 45.1 Å². The van der Waals surface area contributed by atoms with Crippen molar-refractivity contribution in [3.63, 3.8) is 0 Å². The number of hydrogen-bond donors (Lipinski definition) is 1. The summed E-state index contributed by atoms with van der Waals surface area (Å²) in [4.78, 5) is 22.4. The van der Waals surface area contributed by atoms with Crippen molar-refractivity contribution in [3.05, 3.63) is 59.2 Å². The molecule has 0 spiro atoms. The Hall–Kier alpha value is -2.43. The molecule has 1 aliphatic rings. The summed E-state index contributed by atoms with van der Waals surface area (Å²) in [5.74, 6) is 0. The highest BCUT2D eigenvalue weighted by molar-refractivity contribution is 5.74. The SMILES string of the molecule is C[C@@H](NC(=O)N(C)CCc1cnccn1)c1ccc2c(c1)CCCC2. The van der Waals surface area contributed by atoms with E-state index in [-0.39, 0.29) is 12.1 Å². The van der Waals surface area contributed by atoms with Crippen LogP contribution in [0, 0.1) is 0 Å². The molecule has 5 nitrogen and oxygen atoms in total. The number of aryl methyl sites for hydroxylation is 2. The first-order chi connectivity index (χ1) is 12.1. The summed E-state index contributed by atoms with van der Waals surface area (Å²) >= 11 is 0. The maximum atomic E-state index is 12.4. The summed E-state index contributed by atoms with van der Waals surface area (Å²) in [6.45, 7) is 2.65. The van der Waals surface area contributed by atoms with E-state index in [1.165, 1.54) is 36.0 Å². The molecular weight excluding hydrogens is 312 g/mol. The number of rotatable bonds is 5. The molecule has 25 heavy (non-hydrogen) atoms. The van der Waals surface area contributed by atoms with E-state index in [9.17, 15) is 4.79 Å². The minimum atomic E-state index is -0.0610. The molecule has 0 saturated carbocycles. The highest BCUT2D eigenvalue weighted by Crippen LogP contribution is 2.24. The van der Waals surface area contributed by atoms with E-state index < -0.39 is 0 Å². The number of benzene rings is 1. The molecule has 2 amide bonds. The molecule has 1 aromatic carbocycles. The summed E-state index contributed by atoms with van der Waals surface area (Å²) in [7, 11) is 1.81. The summed E-state index contributed by atoms with van der Waals surface area (Å²) in [6, 6.07) is 6.57. The third kappa shape index (κ3) is 4.56. The second-order valence-corrected chi connectivity index (χ2v) is 6.77. The molecule has 0 radical (unpaired) electrons. The van der Waals surface area contributed by atoms with Crippen molar-refractivity contribution in [1.29, 1.82) is 0 Å². The van der Waals surface area contributed by atoms with Crippen molar-refractivity contribution < 1.29 is 4.79 Å². The van der Waals surface area contributed by atoms with E-state index in [4.69, 9.17) is 0 Å². The molecule has 0 saturated heterocycles. The van der Waals surface area contributed by atoms with Gasteiger partial charge in [0.05, 0.1) is 11.7 Å². The van der Waals surface area contributed by atoms with Crippen molar-refractivity contribution >= 4 is 6.03 Å². The van der Waals surface area contributed by atoms with Gasteiger partial charge in [-0.1, -0.05) is 18.2 Å². The van der Waals surface area contributed by atoms with Gasteiger partial charge in [0.25, 0.3) is 0 Å². The number of fused-ring (bicyclic) bond motifs is 1. The quantitative estimate of drug-likeness (QED) is 0.910. The first-order valence-corrected chi connectivity index (χ1v) is 9.01. The molecule has 1 N–H and O–H groups in total. The van der Waals surface area contributed by atoms with Crippen molar-refractivity contribution in [1.82, 2.24) is 20.2 Å². The molecule has 2 aromatic rings. The molecule has 0 aliphatic heterocycles. The highest BCUT2D eigenvalue weighted by Gasteiger charge is 2.16. The number of aromatic nitrogens is 2. The minimum absolute atomic E-state index is 0.00121. The Labute approximate surface area is 149 Å². The molecule has 0 bridgehead atoms. The molecule has 1 aromatic heterocycles. The van der Waals surface area contributed by atoms with Gasteiger partial charge in [-0.15, -0.1) is 0 Å². The van der Waals surface area contributed by atoms with E-state index >= 15 is 0 Å². The van der Waals surface area contributed by atoms with Crippen molar-refractivity contribution in [2.24, 2.45) is 0 Å². The zero-order chi connectivity index (χ0) is 17.6. The molecular formula is C20H26N4O. The first kappa shape index (κ1) is 17.4. The molecule has 1 atom stereocenters. The Balaban J connectivity index is 1.54. The molecule has 0 unspecified atom stereocenters. The molecule has 1 heterocycles. The number of amides is 2. The highest BCUT2D eigenvalue weighted by atomic mass is 16.2. The Bertz CT molecular complexity index is 717. The molecule has 132 valence electrons. The largest absolute Gasteiger partial charge is 0.331 e. The predicted molar refractivity (Wildman–Crippen MR) is 98.4 cm³/mol. The fraction of sp³-hybridized carbons (Fsp3) is 0.450. The molecule has 1 aliphatic carbocycles. The van der Waals surface area contributed by atoms with Gasteiger partial charge in [0.2, 0.25) is 0 Å². The average Bonchev–Trinajstić information content (AvgIpc) is 2.66. The Morgan fingerprint density at radius 3 is 2.80 bits per heavy atom. The average molecular weight is 338 g/mol. The van der Waals surface area contributed by atoms with Gasteiger partial charge in [-0.3, -0.25) is 9.97 Å². The zero-order valence-corrected chi connectivity index (χ0v) is 15.0. The number of hydrogen-bond acceptors (Lipinski definition) is 3. The van der Waals surface area contributed by atoms with Crippen molar-refractivity contribution in [3.8, 4) is 0 Å². The number of likely N-dealkylation sites (N-methyl/N-ethyl adjacent to an activating group) is 1. The van der Waals surface area contributed by atoms with Crippen LogP contribution >= 0.6 is 0 Å². The van der Waals surface area contributed by atoms with Crippen LogP contribution in [0.4, 0.5) is 4.79 Å². The van der Waals surface area contributed by atoms with E-state index in [2.05, 4.69) is 33.5 Å². The number of nitrogens with one attached hydrogen (secondary N) is 1. The zero-order valence-electron chi connectivity index (χ0n) is 15.0. The van der Waals surface area contributed by atoms with E-state index in [0.717, 1.165) is 12.1 Å². The van der Waals surface area contributed by atoms with Gasteiger partial charge in [0.1, 0.15) is 0 Å². The summed E-state index contributed by atoms with van der Waals surface area (Å²) in [5, 5.41) is 3.09. The first-order valence-electron chi connectivity index (χ1n) is 9.01. The van der Waals surface area contributed by atoms with Gasteiger partial charge in [-0.25, -0.2) is 4.79 Å². The number of carbonyl (C=O) groups is 1. The van der Waals surface area contributed by atoms with Gasteiger partial charge < -0.3 is 10.2 Å². The van der Waals surface area contributed by atoms with Gasteiger partial charge >= 0.3 is 6.03 Å². The van der Waals surface area contributed by atoms with Crippen LogP contribution in [0.5, 0.6) is 0 Å². The van der Waals surface area contributed by atoms with Gasteiger partial charge in [0, 0.05) is 38.6 Å². The van der Waals surface area contributed by atoms with Crippen LogP contribution in [-0.4, -0.2) is 34.5 Å². The fourth-order valence-corrected chi connectivity index (χ4v) is 3.24. The molecule has 0 fully saturated rings. The second-order valence-electron chi connectivity index (χ2n) is 6.77. The maximum Gasteiger partial charge on any atom is 0.317 e. The maximum absolute atomic E-state index is 12.4. The van der Waals surface area contributed by atoms with E-state index in [0.29, 0.717) is 13.0 Å². The standard InChI is InChI=1S/C20H26N4O/c1-15(17-8-7-16-5-3-4-6-18(16)13-17)23-20(25)24(2)12-9-19-14-21-10-11-22-19/h7-8,10-11,13-15H,3-6,9,12H2,1-2H3,(H,23,25)/t15-/m1/s1. The third-order valence-electron chi connectivity index (χ3n) is 4.88. The Morgan fingerprint density at radius 1 is 1.24 bits per heavy atom. The molecule has 3 rings (SSSR count). The van der Waals surface area contributed by atoms with Crippen LogP contribution in [0.15, 0.2) is 36.8 Å². The lowest BCUT2D eigenvalue weighted by Crippen LogP contribution is -2.39. The smallest absolute Gasteiger partial charge is 0.317 e. The van der Waals surface area contributed by atoms with Crippen molar-refractivity contribution in [2.75, 3.05) is 13.6 Å². The molecule has 5 heteroatoms. The van der Waals surface area contributed by atoms with Gasteiger partial charge in [0.15, 0.2) is 0 Å². The second kappa shape index (κ2) is 8.10. The monoisotopic (exact) mass is 338 g/mol. The number of nitrogens with zero attached hydrogens (tertiary/aromatic N) is 3.